The topological polar surface area (TPSA) is 95.5 Å². The largest absolute Gasteiger partial charge is 0.478 e. The molecule has 0 aliphatic rings. The molecular weight excluding hydrogens is 719 g/mol. The van der Waals surface area contributed by atoms with Gasteiger partial charge in [-0.25, -0.2) is 4.79 Å². The number of carboxylic acid groups (broad SMARTS) is 1. The molecule has 6 nitrogen and oxygen atoms in total. The summed E-state index contributed by atoms with van der Waals surface area (Å²) in [4.78, 5) is 36.5. The Morgan fingerprint density at radius 2 is 1.56 bits per heavy atom. The molecule has 0 aliphatic carbocycles. The Kier molecular flexibility index (Phi) is 19.3. The van der Waals surface area contributed by atoms with Gasteiger partial charge in [0.1, 0.15) is 0 Å². The minimum Gasteiger partial charge on any atom is -0.478 e. The number of benzene rings is 1. The number of carbonyl (C=O) groups excluding carboxylic acids is 2. The molecule has 10 atom stereocenters. The molecule has 1 aromatic rings. The highest BCUT2D eigenvalue weighted by atomic mass is 33.4. The van der Waals surface area contributed by atoms with Crippen LogP contribution in [-0.4, -0.2) is 48.7 Å². The van der Waals surface area contributed by atoms with E-state index in [1.165, 1.54) is 25.1 Å². The number of carboxylic acids is 1. The third kappa shape index (κ3) is 12.1. The third-order valence-electron chi connectivity index (χ3n) is 4.69. The number of hydrogen-bond donors (Lipinski definition) is 3. The van der Waals surface area contributed by atoms with Crippen molar-refractivity contribution in [2.75, 3.05) is 25.9 Å². The van der Waals surface area contributed by atoms with E-state index >= 15 is 0 Å². The molecule has 0 fully saturated rings. The fraction of sp³-hybridized carbons (Fsp3) is 0.438. The van der Waals surface area contributed by atoms with Crippen LogP contribution < -0.4 is 10.6 Å². The Hall–Kier alpha value is 3.73. The quantitative estimate of drug-likeness (QED) is 0.122. The van der Waals surface area contributed by atoms with Gasteiger partial charge < -0.3 is 15.7 Å². The van der Waals surface area contributed by atoms with Crippen LogP contribution in [0.15, 0.2) is 18.2 Å². The zero-order valence-electron chi connectivity index (χ0n) is 20.2. The van der Waals surface area contributed by atoms with Crippen LogP contribution in [0.3, 0.4) is 0 Å². The second-order valence-corrected chi connectivity index (χ2v) is 60.7. The van der Waals surface area contributed by atoms with E-state index in [2.05, 4.69) is 91.4 Å². The molecule has 1 aromatic carbocycles. The number of ketones is 1. The number of amides is 1. The van der Waals surface area contributed by atoms with E-state index in [0.29, 0.717) is 6.54 Å². The van der Waals surface area contributed by atoms with Gasteiger partial charge in [-0.15, -0.1) is 73.9 Å². The highest BCUT2D eigenvalue weighted by Crippen LogP contribution is 3.19. The van der Waals surface area contributed by atoms with Crippen molar-refractivity contribution in [1.82, 2.24) is 10.6 Å². The first kappa shape index (κ1) is 37.8. The Labute approximate surface area is 241 Å². The smallest absolute Gasteiger partial charge is 0.336 e. The standard InChI is InChI=1S/C16H35N2O4P13S/c1-10(19)11-4-5-12(13(6-11)15(21)22)14(20)18-8-16(2,7-17-3)9-36-35(33(29)30(23)24)34(31(25)26)32(27)28/h4-6,17H,7-9,23-29H2,1-3H3,(H,18,20)(H,21,22). The van der Waals surface area contributed by atoms with Crippen molar-refractivity contribution in [3.63, 3.8) is 0 Å². The monoisotopic (exact) mass is 754 g/mol. The third-order valence-corrected chi connectivity index (χ3v) is 87.1. The van der Waals surface area contributed by atoms with Gasteiger partial charge in [-0.3, -0.25) is 9.59 Å². The van der Waals surface area contributed by atoms with Gasteiger partial charge in [0.15, 0.2) is 5.78 Å². The van der Waals surface area contributed by atoms with Crippen molar-refractivity contribution in [2.24, 2.45) is 5.41 Å². The maximum absolute atomic E-state index is 13.0. The molecule has 20 heteroatoms. The van der Waals surface area contributed by atoms with Crippen molar-refractivity contribution >= 4 is 133 Å². The van der Waals surface area contributed by atoms with Crippen LogP contribution >= 0.6 is 115 Å². The Bertz CT molecular complexity index is 920. The van der Waals surface area contributed by atoms with E-state index < -0.39 is 11.9 Å². The van der Waals surface area contributed by atoms with E-state index in [1.54, 1.807) is 0 Å². The second kappa shape index (κ2) is 18.4. The average Bonchev–Trinajstić information content (AvgIpc) is 2.78. The molecule has 0 aliphatic heterocycles. The summed E-state index contributed by atoms with van der Waals surface area (Å²) in [5.74, 6) is -1.03. The first-order chi connectivity index (χ1) is 16.6. The molecule has 10 unspecified atom stereocenters. The molecule has 0 spiro atoms. The molecule has 3 N–H and O–H groups in total. The lowest BCUT2D eigenvalue weighted by atomic mass is 9.92. The summed E-state index contributed by atoms with van der Waals surface area (Å²) in [6.45, 7) is 3.46. The summed E-state index contributed by atoms with van der Waals surface area (Å²) in [7, 11) is 23.4. The molecule has 0 radical (unpaired) electrons. The average molecular weight is 754 g/mol. The summed E-state index contributed by atoms with van der Waals surface area (Å²) in [6.07, 6.45) is 0. The predicted molar refractivity (Wildman–Crippen MR) is 200 cm³/mol. The molecule has 0 heterocycles. The Balaban J connectivity index is 3.12. The van der Waals surface area contributed by atoms with Crippen LogP contribution in [0.1, 0.15) is 44.9 Å². The van der Waals surface area contributed by atoms with E-state index in [9.17, 15) is 19.5 Å². The molecular formula is C16H35N2O4P13S. The highest BCUT2D eigenvalue weighted by Gasteiger charge is 2.36. The summed E-state index contributed by atoms with van der Waals surface area (Å²) in [5, 5.41) is 15.9. The molecule has 1 amide bonds. The highest BCUT2D eigenvalue weighted by molar-refractivity contribution is 9.30. The molecule has 1 rings (SSSR count). The summed E-state index contributed by atoms with van der Waals surface area (Å²) in [5.41, 5.74) is -0.0463. The number of hydrogen-bond acceptors (Lipinski definition) is 5. The predicted octanol–water partition coefficient (Wildman–Crippen LogP) is 9.19. The van der Waals surface area contributed by atoms with Crippen LogP contribution in [0.2, 0.25) is 0 Å². The zero-order chi connectivity index (χ0) is 27.8. The second-order valence-electron chi connectivity index (χ2n) is 7.90. The normalized spacial score (nSPS) is 15.3. The first-order valence-electron chi connectivity index (χ1n) is 10.1. The van der Waals surface area contributed by atoms with Crippen molar-refractivity contribution in [3.05, 3.63) is 34.9 Å². The zero-order valence-corrected chi connectivity index (χ0v) is 34.4. The van der Waals surface area contributed by atoms with Gasteiger partial charge in [-0.1, -0.05) is 13.0 Å². The van der Waals surface area contributed by atoms with Crippen LogP contribution in [0.5, 0.6) is 0 Å². The number of nitrogens with one attached hydrogen (secondary N) is 2. The van der Waals surface area contributed by atoms with Gasteiger partial charge in [0, 0.05) is 43.3 Å². The van der Waals surface area contributed by atoms with Gasteiger partial charge >= 0.3 is 5.97 Å². The van der Waals surface area contributed by atoms with E-state index in [0.717, 1.165) is 12.3 Å². The number of carbonyl (C=O) groups is 3. The summed E-state index contributed by atoms with van der Waals surface area (Å²) in [6, 6.07) is 4.20. The van der Waals surface area contributed by atoms with Crippen molar-refractivity contribution in [3.8, 4) is 0 Å². The van der Waals surface area contributed by atoms with Gasteiger partial charge in [0.05, 0.1) is 11.1 Å². The SMILES string of the molecule is CNCC(C)(CNC(=O)c1ccc(C(C)=O)cc1C(=O)O)CSP(P(P)P(P)P)P(P(P)P)P(P)P. The Morgan fingerprint density at radius 1 is 0.972 bits per heavy atom. The fourth-order valence-corrected chi connectivity index (χ4v) is 128. The number of rotatable bonds is 15. The number of aromatic carboxylic acids is 1. The van der Waals surface area contributed by atoms with Crippen molar-refractivity contribution in [2.45, 2.75) is 13.8 Å². The molecule has 0 bridgehead atoms. The lowest BCUT2D eigenvalue weighted by Crippen LogP contribution is -2.43. The van der Waals surface area contributed by atoms with E-state index in [4.69, 9.17) is 0 Å². The molecule has 204 valence electrons. The molecule has 0 aromatic heterocycles. The first-order valence-corrected chi connectivity index (χ1v) is 34.6. The maximum Gasteiger partial charge on any atom is 0.336 e. The van der Waals surface area contributed by atoms with Crippen LogP contribution in [0, 0.1) is 5.41 Å². The summed E-state index contributed by atoms with van der Waals surface area (Å²) < 4.78 is 0. The van der Waals surface area contributed by atoms with Crippen molar-refractivity contribution < 1.29 is 19.5 Å². The lowest BCUT2D eigenvalue weighted by molar-refractivity contribution is 0.0690. The van der Waals surface area contributed by atoms with Gasteiger partial charge in [-0.2, -0.15) is 0 Å². The minimum absolute atomic E-state index is 0.0659. The summed E-state index contributed by atoms with van der Waals surface area (Å²) >= 11 is 2.08. The van der Waals surface area contributed by atoms with Gasteiger partial charge in [0.25, 0.3) is 5.91 Å². The van der Waals surface area contributed by atoms with Crippen LogP contribution in [-0.2, 0) is 0 Å². The maximum atomic E-state index is 13.0. The lowest BCUT2D eigenvalue weighted by Gasteiger charge is -2.39. The minimum atomic E-state index is -1.23. The molecule has 36 heavy (non-hydrogen) atoms. The molecule has 0 saturated carbocycles. The van der Waals surface area contributed by atoms with Gasteiger partial charge in [-0.05, 0) is 54.1 Å². The number of Topliss-reactive ketones (excluding diaryl/α,β-unsaturated/α-hetero) is 1. The Morgan fingerprint density at radius 3 is 2.00 bits per heavy atom. The molecule has 0 saturated heterocycles. The van der Waals surface area contributed by atoms with E-state index in [1.807, 2.05) is 7.05 Å². The van der Waals surface area contributed by atoms with Crippen molar-refractivity contribution in [1.29, 1.82) is 0 Å². The fourth-order valence-electron chi connectivity index (χ4n) is 2.91. The van der Waals surface area contributed by atoms with Crippen LogP contribution in [0.25, 0.3) is 0 Å². The van der Waals surface area contributed by atoms with Crippen LogP contribution in [0.4, 0.5) is 0 Å². The van der Waals surface area contributed by atoms with E-state index in [-0.39, 0.29) is 69.3 Å². The van der Waals surface area contributed by atoms with Gasteiger partial charge in [0.2, 0.25) is 0 Å².